The molecule has 0 fully saturated rings. The number of aliphatic imine (C=N–C) groups is 1. The molecule has 0 spiro atoms. The number of rotatable bonds is 7. The van der Waals surface area contributed by atoms with Crippen molar-refractivity contribution in [1.29, 1.82) is 0 Å². The van der Waals surface area contributed by atoms with Crippen LogP contribution in [-0.4, -0.2) is 5.84 Å². The van der Waals surface area contributed by atoms with Gasteiger partial charge in [0.25, 0.3) is 0 Å². The van der Waals surface area contributed by atoms with Crippen LogP contribution in [0.25, 0.3) is 71.0 Å². The molecule has 0 radical (unpaired) electrons. The molecule has 0 amide bonds. The molecule has 2 heteroatoms. The van der Waals surface area contributed by atoms with Crippen LogP contribution in [0.5, 0.6) is 0 Å². The standard InChI is InChI=1S/C50H36N2/c51-50(40-18-5-2-6-19-40)52-46(33-31-35-21-13-20-34-14-7-9-22-41(34)35)37-26-28-39(29-27-37)48-44-25-12-11-24-43(44)47(38-16-3-1-4-17-38)45-32-30-36-15-8-10-23-42(36)49(45)48/h1-30,32-33H,31H2,(H2,51,52)/b46-33-. The number of hydrogen-bond acceptors (Lipinski definition) is 1. The van der Waals surface area contributed by atoms with E-state index in [0.717, 1.165) is 28.8 Å². The van der Waals surface area contributed by atoms with Gasteiger partial charge in [0.15, 0.2) is 0 Å². The first-order valence-electron chi connectivity index (χ1n) is 17.8. The number of benzene rings is 9. The van der Waals surface area contributed by atoms with E-state index in [0.29, 0.717) is 5.84 Å². The number of allylic oxidation sites excluding steroid dienone is 1. The van der Waals surface area contributed by atoms with E-state index < -0.39 is 0 Å². The second-order valence-corrected chi connectivity index (χ2v) is 13.2. The lowest BCUT2D eigenvalue weighted by atomic mass is 9.84. The van der Waals surface area contributed by atoms with Crippen LogP contribution in [0, 0.1) is 0 Å². The zero-order valence-corrected chi connectivity index (χ0v) is 28.7. The lowest BCUT2D eigenvalue weighted by Gasteiger charge is -2.19. The summed E-state index contributed by atoms with van der Waals surface area (Å²) >= 11 is 0. The van der Waals surface area contributed by atoms with Crippen LogP contribution in [-0.2, 0) is 6.42 Å². The van der Waals surface area contributed by atoms with E-state index in [4.69, 9.17) is 10.7 Å². The largest absolute Gasteiger partial charge is 0.383 e. The second kappa shape index (κ2) is 13.5. The third-order valence-electron chi connectivity index (χ3n) is 10.2. The Labute approximate surface area is 303 Å². The van der Waals surface area contributed by atoms with Gasteiger partial charge in [-0.1, -0.05) is 194 Å². The molecule has 0 aliphatic heterocycles. The summed E-state index contributed by atoms with van der Waals surface area (Å²) in [6, 6.07) is 66.8. The molecule has 0 aliphatic rings. The van der Waals surface area contributed by atoms with Crippen molar-refractivity contribution in [1.82, 2.24) is 0 Å². The highest BCUT2D eigenvalue weighted by Crippen LogP contribution is 2.46. The van der Waals surface area contributed by atoms with E-state index in [-0.39, 0.29) is 0 Å². The Morgan fingerprint density at radius 3 is 1.71 bits per heavy atom. The Hall–Kier alpha value is -6.77. The normalized spacial score (nSPS) is 12.2. The minimum absolute atomic E-state index is 0.494. The van der Waals surface area contributed by atoms with Gasteiger partial charge in [-0.3, -0.25) is 0 Å². The summed E-state index contributed by atoms with van der Waals surface area (Å²) in [5.41, 5.74) is 15.6. The second-order valence-electron chi connectivity index (χ2n) is 13.2. The highest BCUT2D eigenvalue weighted by atomic mass is 14.9. The van der Waals surface area contributed by atoms with Crippen LogP contribution in [0.2, 0.25) is 0 Å². The minimum Gasteiger partial charge on any atom is -0.383 e. The Morgan fingerprint density at radius 2 is 0.981 bits per heavy atom. The first-order chi connectivity index (χ1) is 25.7. The molecular formula is C50H36N2. The molecule has 0 heterocycles. The Kier molecular flexibility index (Phi) is 8.11. The predicted molar refractivity (Wildman–Crippen MR) is 223 cm³/mol. The number of fused-ring (bicyclic) bond motifs is 5. The van der Waals surface area contributed by atoms with Gasteiger partial charge in [0.1, 0.15) is 5.84 Å². The summed E-state index contributed by atoms with van der Waals surface area (Å²) in [7, 11) is 0. The minimum atomic E-state index is 0.494. The fourth-order valence-corrected chi connectivity index (χ4v) is 7.68. The quantitative estimate of drug-likeness (QED) is 0.0783. The van der Waals surface area contributed by atoms with E-state index in [9.17, 15) is 0 Å². The average molecular weight is 665 g/mol. The van der Waals surface area contributed by atoms with Crippen molar-refractivity contribution in [2.45, 2.75) is 6.42 Å². The van der Waals surface area contributed by atoms with Crippen LogP contribution in [0.15, 0.2) is 199 Å². The van der Waals surface area contributed by atoms with Gasteiger partial charge in [-0.05, 0) is 82.9 Å². The summed E-state index contributed by atoms with van der Waals surface area (Å²) in [6.45, 7) is 0. The molecule has 246 valence electrons. The summed E-state index contributed by atoms with van der Waals surface area (Å²) < 4.78 is 0. The van der Waals surface area contributed by atoms with Gasteiger partial charge >= 0.3 is 0 Å². The predicted octanol–water partition coefficient (Wildman–Crippen LogP) is 12.6. The Bertz CT molecular complexity index is 2790. The summed E-state index contributed by atoms with van der Waals surface area (Å²) in [6.07, 6.45) is 2.94. The van der Waals surface area contributed by atoms with Gasteiger partial charge in [-0.15, -0.1) is 0 Å². The summed E-state index contributed by atoms with van der Waals surface area (Å²) in [5, 5.41) is 9.95. The van der Waals surface area contributed by atoms with Crippen LogP contribution in [0.1, 0.15) is 16.7 Å². The maximum absolute atomic E-state index is 6.66. The van der Waals surface area contributed by atoms with E-state index in [2.05, 4.69) is 164 Å². The maximum atomic E-state index is 6.66. The molecule has 9 rings (SSSR count). The third kappa shape index (κ3) is 5.71. The van der Waals surface area contributed by atoms with E-state index in [1.54, 1.807) is 0 Å². The monoisotopic (exact) mass is 664 g/mol. The van der Waals surface area contributed by atoms with Crippen molar-refractivity contribution in [3.05, 3.63) is 211 Å². The molecule has 0 atom stereocenters. The van der Waals surface area contributed by atoms with Crippen LogP contribution in [0.3, 0.4) is 0 Å². The topological polar surface area (TPSA) is 38.4 Å². The molecule has 0 bridgehead atoms. The van der Waals surface area contributed by atoms with Gasteiger partial charge in [-0.2, -0.15) is 0 Å². The van der Waals surface area contributed by atoms with Crippen LogP contribution >= 0.6 is 0 Å². The first-order valence-corrected chi connectivity index (χ1v) is 17.8. The molecule has 0 aromatic heterocycles. The van der Waals surface area contributed by atoms with Crippen molar-refractivity contribution in [3.63, 3.8) is 0 Å². The average Bonchev–Trinajstić information content (AvgIpc) is 3.22. The Morgan fingerprint density at radius 1 is 0.423 bits per heavy atom. The van der Waals surface area contributed by atoms with Crippen LogP contribution in [0.4, 0.5) is 0 Å². The Balaban J connectivity index is 1.23. The molecule has 2 nitrogen and oxygen atoms in total. The van der Waals surface area contributed by atoms with Gasteiger partial charge in [0.2, 0.25) is 0 Å². The zero-order valence-electron chi connectivity index (χ0n) is 28.7. The smallest absolute Gasteiger partial charge is 0.131 e. The SMILES string of the molecule is NC(=N/C(=C\Cc1cccc2ccccc12)c1ccc(-c2c3ccccc3c(-c3ccccc3)c3ccc4ccccc4c23)cc1)c1ccccc1. The first kappa shape index (κ1) is 31.2. The zero-order chi connectivity index (χ0) is 34.9. The summed E-state index contributed by atoms with van der Waals surface area (Å²) in [5.74, 6) is 0.494. The van der Waals surface area contributed by atoms with E-state index in [1.165, 1.54) is 65.3 Å². The molecule has 9 aromatic carbocycles. The van der Waals surface area contributed by atoms with Crippen molar-refractivity contribution in [2.75, 3.05) is 0 Å². The lowest BCUT2D eigenvalue weighted by molar-refractivity contribution is 1.28. The number of amidine groups is 1. The fourth-order valence-electron chi connectivity index (χ4n) is 7.68. The molecule has 9 aromatic rings. The van der Waals surface area contributed by atoms with Gasteiger partial charge in [0.05, 0.1) is 5.70 Å². The molecule has 0 aliphatic carbocycles. The molecule has 0 saturated carbocycles. The maximum Gasteiger partial charge on any atom is 0.131 e. The van der Waals surface area contributed by atoms with Crippen molar-refractivity contribution < 1.29 is 0 Å². The molecule has 0 unspecified atom stereocenters. The van der Waals surface area contributed by atoms with E-state index in [1.807, 2.05) is 30.3 Å². The van der Waals surface area contributed by atoms with Gasteiger partial charge in [-0.25, -0.2) is 4.99 Å². The lowest BCUT2D eigenvalue weighted by Crippen LogP contribution is -2.13. The highest BCUT2D eigenvalue weighted by Gasteiger charge is 2.19. The van der Waals surface area contributed by atoms with Crippen LogP contribution < -0.4 is 5.73 Å². The van der Waals surface area contributed by atoms with Crippen molar-refractivity contribution >= 4 is 54.6 Å². The molecule has 2 N–H and O–H groups in total. The molecule has 52 heavy (non-hydrogen) atoms. The third-order valence-corrected chi connectivity index (χ3v) is 10.2. The van der Waals surface area contributed by atoms with Gasteiger partial charge in [0, 0.05) is 5.56 Å². The number of nitrogens with zero attached hydrogens (tertiary/aromatic N) is 1. The van der Waals surface area contributed by atoms with E-state index >= 15 is 0 Å². The fraction of sp³-hybridized carbons (Fsp3) is 0.0200. The summed E-state index contributed by atoms with van der Waals surface area (Å²) in [4.78, 5) is 5.06. The number of nitrogens with two attached hydrogens (primary N) is 1. The van der Waals surface area contributed by atoms with Crippen molar-refractivity contribution in [3.8, 4) is 22.3 Å². The molecule has 0 saturated heterocycles. The molecular weight excluding hydrogens is 629 g/mol. The van der Waals surface area contributed by atoms with Gasteiger partial charge < -0.3 is 5.73 Å². The number of hydrogen-bond donors (Lipinski definition) is 1. The highest BCUT2D eigenvalue weighted by molar-refractivity contribution is 6.27. The van der Waals surface area contributed by atoms with Crippen molar-refractivity contribution in [2.24, 2.45) is 10.7 Å².